The summed E-state index contributed by atoms with van der Waals surface area (Å²) in [5.41, 5.74) is 5.82. The summed E-state index contributed by atoms with van der Waals surface area (Å²) in [6.45, 7) is -0.370. The third kappa shape index (κ3) is 9.78. The molecule has 1 aromatic rings. The highest BCUT2D eigenvalue weighted by Crippen LogP contribution is 2.06. The summed E-state index contributed by atoms with van der Waals surface area (Å²) in [6.07, 6.45) is 4.06. The number of carbonyl (C=O) groups is 5. The van der Waals surface area contributed by atoms with Crippen LogP contribution in [-0.2, 0) is 30.4 Å². The van der Waals surface area contributed by atoms with Gasteiger partial charge < -0.3 is 36.9 Å². The Kier molecular flexibility index (Phi) is 11.8. The van der Waals surface area contributed by atoms with Crippen LogP contribution in [-0.4, -0.2) is 86.5 Å². The Labute approximate surface area is 188 Å². The van der Waals surface area contributed by atoms with Crippen LogP contribution in [0.25, 0.3) is 0 Å². The number of aromatic nitrogens is 2. The van der Waals surface area contributed by atoms with E-state index in [1.54, 1.807) is 6.26 Å². The number of hydrogen-bond donors (Lipinski definition) is 7. The lowest BCUT2D eigenvalue weighted by Gasteiger charge is -2.24. The van der Waals surface area contributed by atoms with Crippen molar-refractivity contribution in [3.8, 4) is 0 Å². The quantitative estimate of drug-likeness (QED) is 0.150. The Balaban J connectivity index is 2.97. The number of aromatic amines is 1. The fourth-order valence-corrected chi connectivity index (χ4v) is 3.12. The number of thioether (sulfide) groups is 1. The van der Waals surface area contributed by atoms with E-state index < -0.39 is 54.2 Å². The number of amides is 3. The topological polar surface area (TPSA) is 217 Å². The molecule has 0 aliphatic carbocycles. The molecule has 1 rings (SSSR count). The number of carboxylic acids is 2. The van der Waals surface area contributed by atoms with Gasteiger partial charge >= 0.3 is 11.9 Å². The standard InChI is InChI=1S/C18H28N6O7S/c1-32-5-4-12(18(30)31)24-16(28)11(2-3-15(26)27)23-17(29)13(22-14(25)7-19)6-10-8-20-9-21-10/h8-9,11-13H,2-7,19H2,1H3,(H,20,21)(H,22,25)(H,23,29)(H,24,28)(H,26,27)(H,30,31). The summed E-state index contributed by atoms with van der Waals surface area (Å²) in [5.74, 6) is -4.18. The highest BCUT2D eigenvalue weighted by molar-refractivity contribution is 7.98. The molecule has 1 aromatic heterocycles. The average Bonchev–Trinajstić information content (AvgIpc) is 3.25. The van der Waals surface area contributed by atoms with Crippen molar-refractivity contribution in [3.63, 3.8) is 0 Å². The first kappa shape index (κ1) is 26.9. The van der Waals surface area contributed by atoms with Crippen molar-refractivity contribution in [1.29, 1.82) is 0 Å². The van der Waals surface area contributed by atoms with Gasteiger partial charge in [0.1, 0.15) is 18.1 Å². The fraction of sp³-hybridized carbons (Fsp3) is 0.556. The van der Waals surface area contributed by atoms with E-state index in [1.807, 2.05) is 0 Å². The van der Waals surface area contributed by atoms with Gasteiger partial charge in [-0.25, -0.2) is 9.78 Å². The Morgan fingerprint density at radius 2 is 1.72 bits per heavy atom. The van der Waals surface area contributed by atoms with Gasteiger partial charge in [0, 0.05) is 24.7 Å². The number of aliphatic carboxylic acids is 2. The molecule has 0 fully saturated rings. The molecule has 0 aliphatic rings. The number of carboxylic acid groups (broad SMARTS) is 2. The molecule has 1 heterocycles. The second-order valence-corrected chi connectivity index (χ2v) is 7.77. The molecule has 178 valence electrons. The van der Waals surface area contributed by atoms with Gasteiger partial charge in [0.25, 0.3) is 0 Å². The molecule has 13 nitrogen and oxygen atoms in total. The van der Waals surface area contributed by atoms with Crippen molar-refractivity contribution in [2.75, 3.05) is 18.6 Å². The fourth-order valence-electron chi connectivity index (χ4n) is 2.65. The number of nitrogens with one attached hydrogen (secondary N) is 4. The summed E-state index contributed by atoms with van der Waals surface area (Å²) < 4.78 is 0. The first-order valence-electron chi connectivity index (χ1n) is 9.68. The van der Waals surface area contributed by atoms with Gasteiger partial charge in [-0.3, -0.25) is 19.2 Å². The van der Waals surface area contributed by atoms with E-state index in [0.717, 1.165) is 0 Å². The van der Waals surface area contributed by atoms with Crippen molar-refractivity contribution >= 4 is 41.4 Å². The smallest absolute Gasteiger partial charge is 0.326 e. The van der Waals surface area contributed by atoms with Crippen LogP contribution in [0.5, 0.6) is 0 Å². The van der Waals surface area contributed by atoms with Crippen LogP contribution in [0, 0.1) is 0 Å². The van der Waals surface area contributed by atoms with Crippen molar-refractivity contribution in [3.05, 3.63) is 18.2 Å². The first-order chi connectivity index (χ1) is 15.2. The van der Waals surface area contributed by atoms with Gasteiger partial charge in [-0.15, -0.1) is 0 Å². The van der Waals surface area contributed by atoms with E-state index in [-0.39, 0.29) is 25.8 Å². The minimum absolute atomic E-state index is 0.0102. The number of imidazole rings is 1. The SMILES string of the molecule is CSCCC(NC(=O)C(CCC(=O)O)NC(=O)C(Cc1cnc[nH]1)NC(=O)CN)C(=O)O. The lowest BCUT2D eigenvalue weighted by molar-refractivity contribution is -0.143. The van der Waals surface area contributed by atoms with Crippen LogP contribution in [0.3, 0.4) is 0 Å². The minimum Gasteiger partial charge on any atom is -0.481 e. The summed E-state index contributed by atoms with van der Waals surface area (Å²) in [6, 6.07) is -3.65. The lowest BCUT2D eigenvalue weighted by Crippen LogP contribution is -2.56. The lowest BCUT2D eigenvalue weighted by atomic mass is 10.1. The van der Waals surface area contributed by atoms with Crippen molar-refractivity contribution in [1.82, 2.24) is 25.9 Å². The van der Waals surface area contributed by atoms with Gasteiger partial charge in [0.05, 0.1) is 12.9 Å². The van der Waals surface area contributed by atoms with E-state index in [0.29, 0.717) is 11.4 Å². The zero-order valence-corrected chi connectivity index (χ0v) is 18.3. The van der Waals surface area contributed by atoms with Crippen LogP contribution >= 0.6 is 11.8 Å². The largest absolute Gasteiger partial charge is 0.481 e. The average molecular weight is 473 g/mol. The van der Waals surface area contributed by atoms with Crippen LogP contribution in [0.1, 0.15) is 25.0 Å². The van der Waals surface area contributed by atoms with Gasteiger partial charge in [0.15, 0.2) is 0 Å². The molecule has 32 heavy (non-hydrogen) atoms. The Hall–Kier alpha value is -3.13. The number of rotatable bonds is 15. The van der Waals surface area contributed by atoms with Gasteiger partial charge in [0.2, 0.25) is 17.7 Å². The summed E-state index contributed by atoms with van der Waals surface area (Å²) in [7, 11) is 0. The second kappa shape index (κ2) is 14.0. The molecule has 0 saturated carbocycles. The van der Waals surface area contributed by atoms with Gasteiger partial charge in [-0.2, -0.15) is 11.8 Å². The number of H-pyrrole nitrogens is 1. The first-order valence-corrected chi connectivity index (χ1v) is 11.1. The predicted octanol–water partition coefficient (Wildman–Crippen LogP) is -1.93. The van der Waals surface area contributed by atoms with Crippen LogP contribution < -0.4 is 21.7 Å². The van der Waals surface area contributed by atoms with Crippen LogP contribution in [0.4, 0.5) is 0 Å². The highest BCUT2D eigenvalue weighted by atomic mass is 32.2. The van der Waals surface area contributed by atoms with Crippen LogP contribution in [0.15, 0.2) is 12.5 Å². The molecule has 0 aromatic carbocycles. The maximum Gasteiger partial charge on any atom is 0.326 e. The predicted molar refractivity (Wildman–Crippen MR) is 115 cm³/mol. The number of hydrogen-bond acceptors (Lipinski definition) is 8. The molecule has 0 aliphatic heterocycles. The monoisotopic (exact) mass is 472 g/mol. The summed E-state index contributed by atoms with van der Waals surface area (Å²) >= 11 is 1.40. The molecule has 0 spiro atoms. The Morgan fingerprint density at radius 3 is 2.25 bits per heavy atom. The minimum atomic E-state index is -1.33. The van der Waals surface area contributed by atoms with E-state index in [9.17, 15) is 29.1 Å². The highest BCUT2D eigenvalue weighted by Gasteiger charge is 2.30. The van der Waals surface area contributed by atoms with Crippen molar-refractivity contribution < 1.29 is 34.2 Å². The second-order valence-electron chi connectivity index (χ2n) is 6.78. The summed E-state index contributed by atoms with van der Waals surface area (Å²) in [5, 5.41) is 25.5. The third-order valence-corrected chi connectivity index (χ3v) is 4.97. The van der Waals surface area contributed by atoms with E-state index in [1.165, 1.54) is 24.3 Å². The van der Waals surface area contributed by atoms with E-state index >= 15 is 0 Å². The van der Waals surface area contributed by atoms with Crippen LogP contribution in [0.2, 0.25) is 0 Å². The maximum absolute atomic E-state index is 12.8. The molecule has 3 atom stereocenters. The molecular weight excluding hydrogens is 444 g/mol. The number of carbonyl (C=O) groups excluding carboxylic acids is 3. The Morgan fingerprint density at radius 1 is 1.06 bits per heavy atom. The van der Waals surface area contributed by atoms with Gasteiger partial charge in [-0.1, -0.05) is 0 Å². The van der Waals surface area contributed by atoms with Gasteiger partial charge in [-0.05, 0) is 24.9 Å². The molecule has 0 bridgehead atoms. The number of nitrogens with two attached hydrogens (primary N) is 1. The number of nitrogens with zero attached hydrogens (tertiary/aromatic N) is 1. The molecule has 8 N–H and O–H groups in total. The van der Waals surface area contributed by atoms with Crippen molar-refractivity contribution in [2.24, 2.45) is 5.73 Å². The molecule has 3 amide bonds. The zero-order valence-electron chi connectivity index (χ0n) is 17.5. The molecular formula is C18H28N6O7S. The third-order valence-electron chi connectivity index (χ3n) is 4.32. The maximum atomic E-state index is 12.8. The zero-order chi connectivity index (χ0) is 24.1. The van der Waals surface area contributed by atoms with E-state index in [4.69, 9.17) is 10.8 Å². The van der Waals surface area contributed by atoms with E-state index in [2.05, 4.69) is 25.9 Å². The summed E-state index contributed by atoms with van der Waals surface area (Å²) in [4.78, 5) is 66.3. The van der Waals surface area contributed by atoms with Crippen molar-refractivity contribution in [2.45, 2.75) is 43.8 Å². The normalized spacial score (nSPS) is 13.4. The molecule has 0 saturated heterocycles. The Bertz CT molecular complexity index is 789. The molecule has 14 heteroatoms. The molecule has 3 unspecified atom stereocenters. The molecule has 0 radical (unpaired) electrons.